The lowest BCUT2D eigenvalue weighted by Gasteiger charge is -2.35. The summed E-state index contributed by atoms with van der Waals surface area (Å²) in [5.41, 5.74) is 5.80. The van der Waals surface area contributed by atoms with Gasteiger partial charge in [-0.3, -0.25) is 4.79 Å². The van der Waals surface area contributed by atoms with Crippen LogP contribution in [0, 0.1) is 5.82 Å². The van der Waals surface area contributed by atoms with Gasteiger partial charge >= 0.3 is 0 Å². The van der Waals surface area contributed by atoms with E-state index < -0.39 is 5.82 Å². The number of anilines is 1. The molecule has 1 heterocycles. The third-order valence-corrected chi connectivity index (χ3v) is 2.78. The average Bonchev–Trinajstić information content (AvgIpc) is 2.31. The Kier molecular flexibility index (Phi) is 3.71. The molecule has 1 aromatic carbocycles. The molecule has 0 saturated carbocycles. The monoisotopic (exact) mass is 238 g/mol. The maximum Gasteiger partial charge on any atom is 0.253 e. The average molecular weight is 238 g/mol. The van der Waals surface area contributed by atoms with E-state index in [0.717, 1.165) is 0 Å². The third-order valence-electron chi connectivity index (χ3n) is 2.78. The fraction of sp³-hybridized carbons (Fsp3) is 0.417. The SMILES string of the molecule is NCCC1COCC(=O)N1c1ccccc1F. The van der Waals surface area contributed by atoms with Gasteiger partial charge in [0.15, 0.2) is 0 Å². The smallest absolute Gasteiger partial charge is 0.253 e. The van der Waals surface area contributed by atoms with Gasteiger partial charge < -0.3 is 15.4 Å². The topological polar surface area (TPSA) is 55.6 Å². The predicted octanol–water partition coefficient (Wildman–Crippen LogP) is 0.906. The van der Waals surface area contributed by atoms with Gasteiger partial charge in [0.05, 0.1) is 18.3 Å². The fourth-order valence-electron chi connectivity index (χ4n) is 2.01. The van der Waals surface area contributed by atoms with E-state index in [4.69, 9.17) is 10.5 Å². The number of halogens is 1. The lowest BCUT2D eigenvalue weighted by molar-refractivity contribution is -0.127. The molecular weight excluding hydrogens is 223 g/mol. The molecule has 1 aromatic rings. The molecule has 1 fully saturated rings. The van der Waals surface area contributed by atoms with Crippen LogP contribution >= 0.6 is 0 Å². The van der Waals surface area contributed by atoms with Crippen molar-refractivity contribution in [2.24, 2.45) is 5.73 Å². The molecule has 0 aliphatic carbocycles. The number of nitrogens with zero attached hydrogens (tertiary/aromatic N) is 1. The number of morpholine rings is 1. The maximum absolute atomic E-state index is 13.7. The van der Waals surface area contributed by atoms with Crippen LogP contribution in [0.15, 0.2) is 24.3 Å². The molecule has 1 amide bonds. The summed E-state index contributed by atoms with van der Waals surface area (Å²) in [7, 11) is 0. The van der Waals surface area contributed by atoms with Crippen molar-refractivity contribution in [2.45, 2.75) is 12.5 Å². The number of carbonyl (C=O) groups is 1. The zero-order valence-electron chi connectivity index (χ0n) is 9.43. The summed E-state index contributed by atoms with van der Waals surface area (Å²) in [4.78, 5) is 13.3. The molecule has 1 aliphatic rings. The molecule has 1 unspecified atom stereocenters. The van der Waals surface area contributed by atoms with E-state index >= 15 is 0 Å². The number of carbonyl (C=O) groups excluding carboxylic acids is 1. The van der Waals surface area contributed by atoms with E-state index in [9.17, 15) is 9.18 Å². The molecule has 0 spiro atoms. The second-order valence-electron chi connectivity index (χ2n) is 3.96. The van der Waals surface area contributed by atoms with Crippen LogP contribution < -0.4 is 10.6 Å². The minimum Gasteiger partial charge on any atom is -0.369 e. The van der Waals surface area contributed by atoms with Gasteiger partial charge in [-0.1, -0.05) is 12.1 Å². The van der Waals surface area contributed by atoms with Crippen LogP contribution in [0.4, 0.5) is 10.1 Å². The van der Waals surface area contributed by atoms with Crippen molar-refractivity contribution in [1.82, 2.24) is 0 Å². The Morgan fingerprint density at radius 2 is 2.24 bits per heavy atom. The Labute approximate surface area is 99.2 Å². The van der Waals surface area contributed by atoms with E-state index in [1.54, 1.807) is 18.2 Å². The van der Waals surface area contributed by atoms with Gasteiger partial charge in [0.25, 0.3) is 5.91 Å². The highest BCUT2D eigenvalue weighted by atomic mass is 19.1. The summed E-state index contributed by atoms with van der Waals surface area (Å²) in [5.74, 6) is -0.621. The summed E-state index contributed by atoms with van der Waals surface area (Å²) >= 11 is 0. The first kappa shape index (κ1) is 12.0. The quantitative estimate of drug-likeness (QED) is 0.851. The molecule has 0 radical (unpaired) electrons. The number of ether oxygens (including phenoxy) is 1. The summed E-state index contributed by atoms with van der Waals surface area (Å²) in [6.07, 6.45) is 0.597. The Bertz CT molecular complexity index is 409. The fourth-order valence-corrected chi connectivity index (χ4v) is 2.01. The van der Waals surface area contributed by atoms with Crippen LogP contribution in [-0.2, 0) is 9.53 Å². The Morgan fingerprint density at radius 1 is 1.47 bits per heavy atom. The molecule has 4 nitrogen and oxygen atoms in total. The molecular formula is C12H15FN2O2. The molecule has 2 rings (SSSR count). The van der Waals surface area contributed by atoms with E-state index in [1.165, 1.54) is 11.0 Å². The second-order valence-corrected chi connectivity index (χ2v) is 3.96. The number of amides is 1. The van der Waals surface area contributed by atoms with Crippen LogP contribution in [0.25, 0.3) is 0 Å². The minimum absolute atomic E-state index is 0.00456. The first-order valence-electron chi connectivity index (χ1n) is 5.58. The van der Waals surface area contributed by atoms with E-state index in [1.807, 2.05) is 0 Å². The van der Waals surface area contributed by atoms with Crippen molar-refractivity contribution < 1.29 is 13.9 Å². The standard InChI is InChI=1S/C12H15FN2O2/c13-10-3-1-2-4-11(10)15-9(5-6-14)7-17-8-12(15)16/h1-4,9H,5-8,14H2. The normalized spacial score (nSPS) is 20.7. The van der Waals surface area contributed by atoms with Gasteiger partial charge in [0.1, 0.15) is 12.4 Å². The summed E-state index contributed by atoms with van der Waals surface area (Å²) < 4.78 is 18.9. The first-order chi connectivity index (χ1) is 8.24. The third kappa shape index (κ3) is 2.45. The lowest BCUT2D eigenvalue weighted by Crippen LogP contribution is -2.50. The highest BCUT2D eigenvalue weighted by molar-refractivity contribution is 5.95. The number of hydrogen-bond donors (Lipinski definition) is 1. The van der Waals surface area contributed by atoms with E-state index in [2.05, 4.69) is 0 Å². The Balaban J connectivity index is 2.31. The van der Waals surface area contributed by atoms with Gasteiger partial charge in [0, 0.05) is 0 Å². The largest absolute Gasteiger partial charge is 0.369 e. The van der Waals surface area contributed by atoms with Crippen molar-refractivity contribution >= 4 is 11.6 Å². The number of hydrogen-bond acceptors (Lipinski definition) is 3. The van der Waals surface area contributed by atoms with Crippen LogP contribution in [-0.4, -0.2) is 31.7 Å². The lowest BCUT2D eigenvalue weighted by atomic mass is 10.1. The highest BCUT2D eigenvalue weighted by Crippen LogP contribution is 2.24. The Morgan fingerprint density at radius 3 is 2.94 bits per heavy atom. The van der Waals surface area contributed by atoms with Crippen LogP contribution in [0.5, 0.6) is 0 Å². The summed E-state index contributed by atoms with van der Waals surface area (Å²) in [6, 6.07) is 6.07. The molecule has 1 atom stereocenters. The Hall–Kier alpha value is -1.46. The van der Waals surface area contributed by atoms with E-state index in [0.29, 0.717) is 25.3 Å². The minimum atomic E-state index is -0.398. The molecule has 5 heteroatoms. The molecule has 0 aromatic heterocycles. The van der Waals surface area contributed by atoms with Gasteiger partial charge in [-0.2, -0.15) is 0 Å². The van der Waals surface area contributed by atoms with Crippen LogP contribution in [0.1, 0.15) is 6.42 Å². The number of benzene rings is 1. The predicted molar refractivity (Wildman–Crippen MR) is 62.2 cm³/mol. The van der Waals surface area contributed by atoms with Crippen molar-refractivity contribution in [3.05, 3.63) is 30.1 Å². The van der Waals surface area contributed by atoms with Crippen molar-refractivity contribution in [3.8, 4) is 0 Å². The summed E-state index contributed by atoms with van der Waals surface area (Å²) in [5, 5.41) is 0. The number of para-hydroxylation sites is 1. The summed E-state index contributed by atoms with van der Waals surface area (Å²) in [6.45, 7) is 0.832. The molecule has 1 saturated heterocycles. The molecule has 0 bridgehead atoms. The van der Waals surface area contributed by atoms with Gasteiger partial charge in [0.2, 0.25) is 0 Å². The van der Waals surface area contributed by atoms with Gasteiger partial charge in [-0.15, -0.1) is 0 Å². The van der Waals surface area contributed by atoms with Crippen LogP contribution in [0.3, 0.4) is 0 Å². The van der Waals surface area contributed by atoms with E-state index in [-0.39, 0.29) is 18.6 Å². The molecule has 92 valence electrons. The first-order valence-corrected chi connectivity index (χ1v) is 5.58. The van der Waals surface area contributed by atoms with Gasteiger partial charge in [-0.05, 0) is 25.1 Å². The zero-order chi connectivity index (χ0) is 12.3. The molecule has 17 heavy (non-hydrogen) atoms. The molecule has 2 N–H and O–H groups in total. The molecule has 1 aliphatic heterocycles. The van der Waals surface area contributed by atoms with Gasteiger partial charge in [-0.25, -0.2) is 4.39 Å². The number of nitrogens with two attached hydrogens (primary N) is 1. The highest BCUT2D eigenvalue weighted by Gasteiger charge is 2.30. The van der Waals surface area contributed by atoms with Crippen molar-refractivity contribution in [2.75, 3.05) is 24.7 Å². The maximum atomic E-state index is 13.7. The number of rotatable bonds is 3. The van der Waals surface area contributed by atoms with Crippen LogP contribution in [0.2, 0.25) is 0 Å². The van der Waals surface area contributed by atoms with Crippen molar-refractivity contribution in [3.63, 3.8) is 0 Å². The van der Waals surface area contributed by atoms with Crippen molar-refractivity contribution in [1.29, 1.82) is 0 Å². The second kappa shape index (κ2) is 5.25. The zero-order valence-corrected chi connectivity index (χ0v) is 9.43.